The molecule has 1 amide bonds. The average molecular weight is 346 g/mol. The summed E-state index contributed by atoms with van der Waals surface area (Å²) in [6.45, 7) is 5.94. The zero-order valence-corrected chi connectivity index (χ0v) is 12.6. The summed E-state index contributed by atoms with van der Waals surface area (Å²) in [5, 5.41) is 6.16. The second-order valence-electron chi connectivity index (χ2n) is 4.19. The summed E-state index contributed by atoms with van der Waals surface area (Å²) < 4.78 is 1.15. The molecule has 17 heavy (non-hydrogen) atoms. The standard InChI is InChI=1S/C13H19IN2O/c1-4-9(2)15-13(17)10(3)16-12-7-5-6-11(14)8-12/h5-10,16H,4H2,1-3H3,(H,15,17). The topological polar surface area (TPSA) is 41.1 Å². The predicted molar refractivity (Wildman–Crippen MR) is 80.1 cm³/mol. The summed E-state index contributed by atoms with van der Waals surface area (Å²) in [6, 6.07) is 7.99. The number of halogens is 1. The molecule has 0 heterocycles. The number of benzene rings is 1. The molecule has 1 rings (SSSR count). The van der Waals surface area contributed by atoms with Gasteiger partial charge in [-0.3, -0.25) is 4.79 Å². The van der Waals surface area contributed by atoms with Crippen LogP contribution in [0.1, 0.15) is 27.2 Å². The number of anilines is 1. The Morgan fingerprint density at radius 1 is 1.41 bits per heavy atom. The van der Waals surface area contributed by atoms with Crippen LogP contribution in [0, 0.1) is 3.57 Å². The third kappa shape index (κ3) is 4.93. The molecule has 0 saturated carbocycles. The van der Waals surface area contributed by atoms with Crippen molar-refractivity contribution in [3.05, 3.63) is 27.8 Å². The van der Waals surface area contributed by atoms with E-state index >= 15 is 0 Å². The molecule has 0 aliphatic heterocycles. The molecule has 4 heteroatoms. The summed E-state index contributed by atoms with van der Waals surface area (Å²) in [5.74, 6) is 0.0400. The van der Waals surface area contributed by atoms with Crippen LogP contribution in [0.5, 0.6) is 0 Å². The molecule has 94 valence electrons. The maximum absolute atomic E-state index is 11.8. The van der Waals surface area contributed by atoms with Crippen molar-refractivity contribution in [3.63, 3.8) is 0 Å². The van der Waals surface area contributed by atoms with Crippen molar-refractivity contribution in [2.45, 2.75) is 39.3 Å². The van der Waals surface area contributed by atoms with Gasteiger partial charge in [-0.25, -0.2) is 0 Å². The molecular formula is C13H19IN2O. The Balaban J connectivity index is 2.54. The number of nitrogens with one attached hydrogen (secondary N) is 2. The van der Waals surface area contributed by atoms with Gasteiger partial charge in [0.2, 0.25) is 5.91 Å². The van der Waals surface area contributed by atoms with Crippen molar-refractivity contribution >= 4 is 34.2 Å². The molecule has 2 atom stereocenters. The van der Waals surface area contributed by atoms with Gasteiger partial charge in [0.05, 0.1) is 0 Å². The number of hydrogen-bond acceptors (Lipinski definition) is 2. The molecule has 0 bridgehead atoms. The van der Waals surface area contributed by atoms with Gasteiger partial charge in [-0.15, -0.1) is 0 Å². The summed E-state index contributed by atoms with van der Waals surface area (Å²) in [4.78, 5) is 11.8. The average Bonchev–Trinajstić information content (AvgIpc) is 2.28. The molecule has 0 saturated heterocycles. The fourth-order valence-corrected chi connectivity index (χ4v) is 1.91. The lowest BCUT2D eigenvalue weighted by molar-refractivity contribution is -0.122. The fraction of sp³-hybridized carbons (Fsp3) is 0.462. The van der Waals surface area contributed by atoms with E-state index in [1.165, 1.54) is 0 Å². The number of hydrogen-bond donors (Lipinski definition) is 2. The van der Waals surface area contributed by atoms with Crippen molar-refractivity contribution in [3.8, 4) is 0 Å². The van der Waals surface area contributed by atoms with Crippen LogP contribution in [0.15, 0.2) is 24.3 Å². The minimum Gasteiger partial charge on any atom is -0.374 e. The molecular weight excluding hydrogens is 327 g/mol. The molecule has 2 unspecified atom stereocenters. The van der Waals surface area contributed by atoms with E-state index in [4.69, 9.17) is 0 Å². The van der Waals surface area contributed by atoms with Crippen molar-refractivity contribution in [1.82, 2.24) is 5.32 Å². The Labute approximate surface area is 117 Å². The van der Waals surface area contributed by atoms with Crippen molar-refractivity contribution < 1.29 is 4.79 Å². The van der Waals surface area contributed by atoms with Crippen molar-refractivity contribution in [2.75, 3.05) is 5.32 Å². The van der Waals surface area contributed by atoms with E-state index in [1.807, 2.05) is 38.1 Å². The molecule has 0 aliphatic carbocycles. The third-order valence-electron chi connectivity index (χ3n) is 2.60. The van der Waals surface area contributed by atoms with Crippen LogP contribution in [0.4, 0.5) is 5.69 Å². The van der Waals surface area contributed by atoms with Crippen LogP contribution in [0.25, 0.3) is 0 Å². The molecule has 1 aromatic carbocycles. The van der Waals surface area contributed by atoms with E-state index in [2.05, 4.69) is 40.1 Å². The highest BCUT2D eigenvalue weighted by molar-refractivity contribution is 14.1. The van der Waals surface area contributed by atoms with Gasteiger partial charge in [0.15, 0.2) is 0 Å². The predicted octanol–water partition coefficient (Wildman–Crippen LogP) is 3.01. The number of carbonyl (C=O) groups is 1. The molecule has 0 aliphatic rings. The van der Waals surface area contributed by atoms with Gasteiger partial charge in [-0.05, 0) is 61.1 Å². The summed E-state index contributed by atoms with van der Waals surface area (Å²) in [6.07, 6.45) is 0.946. The first-order chi connectivity index (χ1) is 8.02. The molecule has 3 nitrogen and oxygen atoms in total. The minimum atomic E-state index is -0.220. The minimum absolute atomic E-state index is 0.0400. The number of carbonyl (C=O) groups excluding carboxylic acids is 1. The van der Waals surface area contributed by atoms with E-state index in [0.717, 1.165) is 15.7 Å². The van der Waals surface area contributed by atoms with E-state index in [1.54, 1.807) is 0 Å². The molecule has 0 spiro atoms. The first-order valence-electron chi connectivity index (χ1n) is 5.85. The monoisotopic (exact) mass is 346 g/mol. The summed E-state index contributed by atoms with van der Waals surface area (Å²) in [5.41, 5.74) is 0.976. The van der Waals surface area contributed by atoms with Gasteiger partial charge in [0.1, 0.15) is 6.04 Å². The zero-order valence-electron chi connectivity index (χ0n) is 10.5. The van der Waals surface area contributed by atoms with Crippen LogP contribution < -0.4 is 10.6 Å². The molecule has 0 radical (unpaired) electrons. The van der Waals surface area contributed by atoms with Crippen LogP contribution in [0.2, 0.25) is 0 Å². The zero-order chi connectivity index (χ0) is 12.8. The quantitative estimate of drug-likeness (QED) is 0.805. The van der Waals surface area contributed by atoms with Gasteiger partial charge in [-0.2, -0.15) is 0 Å². The van der Waals surface area contributed by atoms with Crippen LogP contribution in [-0.4, -0.2) is 18.0 Å². The smallest absolute Gasteiger partial charge is 0.242 e. The Hall–Kier alpha value is -0.780. The fourth-order valence-electron chi connectivity index (χ4n) is 1.36. The van der Waals surface area contributed by atoms with Gasteiger partial charge >= 0.3 is 0 Å². The SMILES string of the molecule is CCC(C)NC(=O)C(C)Nc1cccc(I)c1. The van der Waals surface area contributed by atoms with Crippen molar-refractivity contribution in [2.24, 2.45) is 0 Å². The Bertz CT molecular complexity index is 381. The van der Waals surface area contributed by atoms with E-state index < -0.39 is 0 Å². The highest BCUT2D eigenvalue weighted by Crippen LogP contribution is 2.13. The summed E-state index contributed by atoms with van der Waals surface area (Å²) >= 11 is 2.25. The Morgan fingerprint density at radius 3 is 2.71 bits per heavy atom. The van der Waals surface area contributed by atoms with E-state index in [0.29, 0.717) is 0 Å². The molecule has 2 N–H and O–H groups in total. The summed E-state index contributed by atoms with van der Waals surface area (Å²) in [7, 11) is 0. The number of amides is 1. The Kier molecular flexibility index (Phi) is 5.74. The third-order valence-corrected chi connectivity index (χ3v) is 3.27. The van der Waals surface area contributed by atoms with Gasteiger partial charge < -0.3 is 10.6 Å². The lowest BCUT2D eigenvalue weighted by atomic mass is 10.2. The second kappa shape index (κ2) is 6.83. The van der Waals surface area contributed by atoms with Crippen LogP contribution in [-0.2, 0) is 4.79 Å². The van der Waals surface area contributed by atoms with Gasteiger partial charge in [0.25, 0.3) is 0 Å². The molecule has 0 aromatic heterocycles. The molecule has 0 fully saturated rings. The van der Waals surface area contributed by atoms with Gasteiger partial charge in [0, 0.05) is 15.3 Å². The van der Waals surface area contributed by atoms with Crippen molar-refractivity contribution in [1.29, 1.82) is 0 Å². The van der Waals surface area contributed by atoms with Gasteiger partial charge in [-0.1, -0.05) is 13.0 Å². The van der Waals surface area contributed by atoms with Crippen LogP contribution >= 0.6 is 22.6 Å². The largest absolute Gasteiger partial charge is 0.374 e. The highest BCUT2D eigenvalue weighted by atomic mass is 127. The maximum atomic E-state index is 11.8. The lowest BCUT2D eigenvalue weighted by Gasteiger charge is -2.18. The normalized spacial score (nSPS) is 13.9. The maximum Gasteiger partial charge on any atom is 0.242 e. The first kappa shape index (κ1) is 14.3. The molecule has 1 aromatic rings. The number of rotatable bonds is 5. The van der Waals surface area contributed by atoms with E-state index in [9.17, 15) is 4.79 Å². The Morgan fingerprint density at radius 2 is 2.12 bits per heavy atom. The first-order valence-corrected chi connectivity index (χ1v) is 6.93. The lowest BCUT2D eigenvalue weighted by Crippen LogP contribution is -2.41. The highest BCUT2D eigenvalue weighted by Gasteiger charge is 2.13. The van der Waals surface area contributed by atoms with E-state index in [-0.39, 0.29) is 18.0 Å². The second-order valence-corrected chi connectivity index (χ2v) is 5.44. The van der Waals surface area contributed by atoms with Crippen LogP contribution in [0.3, 0.4) is 0 Å².